The fourth-order valence-corrected chi connectivity index (χ4v) is 1.65. The molecule has 76 valence electrons. The molecule has 0 aromatic rings. The van der Waals surface area contributed by atoms with E-state index < -0.39 is 0 Å². The van der Waals surface area contributed by atoms with E-state index in [0.29, 0.717) is 13.1 Å². The Labute approximate surface area is 82.7 Å². The fourth-order valence-electron chi connectivity index (χ4n) is 1.48. The number of nitrogens with zero attached hydrogens (tertiary/aromatic N) is 1. The van der Waals surface area contributed by atoms with Gasteiger partial charge in [-0.15, -0.1) is 11.6 Å². The molecule has 1 saturated heterocycles. The van der Waals surface area contributed by atoms with Crippen LogP contribution in [-0.2, 0) is 14.3 Å². The molecule has 0 N–H and O–H groups in total. The zero-order chi connectivity index (χ0) is 9.84. The number of rotatable bonds is 3. The van der Waals surface area contributed by atoms with E-state index in [0.717, 1.165) is 0 Å². The normalized spacial score (nSPS) is 28.1. The number of amides is 1. The van der Waals surface area contributed by atoms with E-state index in [2.05, 4.69) is 0 Å². The molecule has 0 saturated carbocycles. The molecule has 13 heavy (non-hydrogen) atoms. The van der Waals surface area contributed by atoms with Crippen molar-refractivity contribution < 1.29 is 14.3 Å². The Morgan fingerprint density at radius 3 is 2.15 bits per heavy atom. The summed E-state index contributed by atoms with van der Waals surface area (Å²) in [5.74, 6) is -0.0457. The van der Waals surface area contributed by atoms with Gasteiger partial charge in [-0.25, -0.2) is 0 Å². The van der Waals surface area contributed by atoms with Crippen molar-refractivity contribution in [2.75, 3.05) is 33.2 Å². The van der Waals surface area contributed by atoms with Gasteiger partial charge in [0.15, 0.2) is 0 Å². The van der Waals surface area contributed by atoms with E-state index in [1.54, 1.807) is 19.1 Å². The number of carbonyl (C=O) groups is 1. The van der Waals surface area contributed by atoms with Crippen molar-refractivity contribution in [3.63, 3.8) is 0 Å². The van der Waals surface area contributed by atoms with Crippen molar-refractivity contribution >= 4 is 17.5 Å². The smallest absolute Gasteiger partial charge is 0.237 e. The number of ether oxygens (including phenoxy) is 2. The van der Waals surface area contributed by atoms with Crippen molar-refractivity contribution in [1.82, 2.24) is 4.90 Å². The Morgan fingerprint density at radius 2 is 1.85 bits per heavy atom. The van der Waals surface area contributed by atoms with Crippen molar-refractivity contribution in [3.05, 3.63) is 0 Å². The molecule has 1 fully saturated rings. The second-order valence-corrected chi connectivity index (χ2v) is 3.25. The number of halogens is 1. The first-order valence-corrected chi connectivity index (χ1v) is 4.65. The highest BCUT2D eigenvalue weighted by molar-refractivity contribution is 6.27. The summed E-state index contributed by atoms with van der Waals surface area (Å²) in [6.45, 7) is 1.14. The van der Waals surface area contributed by atoms with Crippen molar-refractivity contribution in [3.8, 4) is 0 Å². The van der Waals surface area contributed by atoms with Gasteiger partial charge >= 0.3 is 0 Å². The Morgan fingerprint density at radius 1 is 1.38 bits per heavy atom. The molecule has 1 amide bonds. The van der Waals surface area contributed by atoms with Crippen molar-refractivity contribution in [2.24, 2.45) is 0 Å². The van der Waals surface area contributed by atoms with Crippen LogP contribution in [0.4, 0.5) is 0 Å². The molecular weight excluding hydrogens is 194 g/mol. The van der Waals surface area contributed by atoms with Crippen LogP contribution in [0.3, 0.4) is 0 Å². The summed E-state index contributed by atoms with van der Waals surface area (Å²) >= 11 is 5.44. The first kappa shape index (κ1) is 10.8. The predicted octanol–water partition coefficient (Wildman–Crippen LogP) is 0.0974. The first-order valence-electron chi connectivity index (χ1n) is 4.12. The Bertz CT molecular complexity index is 176. The first-order chi connectivity index (χ1) is 6.22. The van der Waals surface area contributed by atoms with Crippen LogP contribution in [0.25, 0.3) is 0 Å². The maximum absolute atomic E-state index is 11.2. The third-order valence-corrected chi connectivity index (χ3v) is 2.52. The highest BCUT2D eigenvalue weighted by Gasteiger charge is 2.34. The SMILES string of the molecule is CO[C@H]1CN(C(=O)CCl)C[C@H]1OC. The topological polar surface area (TPSA) is 38.8 Å². The highest BCUT2D eigenvalue weighted by atomic mass is 35.5. The van der Waals surface area contributed by atoms with Gasteiger partial charge in [0.05, 0.1) is 0 Å². The van der Waals surface area contributed by atoms with E-state index in [9.17, 15) is 4.79 Å². The fraction of sp³-hybridized carbons (Fsp3) is 0.875. The van der Waals surface area contributed by atoms with Gasteiger partial charge in [0.2, 0.25) is 5.91 Å². The van der Waals surface area contributed by atoms with E-state index in [-0.39, 0.29) is 24.0 Å². The molecule has 0 aromatic heterocycles. The van der Waals surface area contributed by atoms with Crippen LogP contribution in [0.1, 0.15) is 0 Å². The molecule has 1 rings (SSSR count). The van der Waals surface area contributed by atoms with E-state index in [1.165, 1.54) is 0 Å². The minimum absolute atomic E-state index is 0.0207. The zero-order valence-corrected chi connectivity index (χ0v) is 8.58. The van der Waals surface area contributed by atoms with Crippen LogP contribution in [-0.4, -0.2) is 56.2 Å². The van der Waals surface area contributed by atoms with Gasteiger partial charge in [0, 0.05) is 27.3 Å². The Balaban J connectivity index is 2.52. The van der Waals surface area contributed by atoms with Crippen LogP contribution >= 0.6 is 11.6 Å². The molecule has 0 radical (unpaired) electrons. The van der Waals surface area contributed by atoms with Gasteiger partial charge in [0.25, 0.3) is 0 Å². The van der Waals surface area contributed by atoms with Gasteiger partial charge in [-0.05, 0) is 0 Å². The summed E-state index contributed by atoms with van der Waals surface area (Å²) in [7, 11) is 3.23. The second-order valence-electron chi connectivity index (χ2n) is 2.98. The summed E-state index contributed by atoms with van der Waals surface area (Å²) in [6, 6.07) is 0. The molecule has 4 nitrogen and oxygen atoms in total. The van der Waals surface area contributed by atoms with Gasteiger partial charge in [-0.3, -0.25) is 4.79 Å². The van der Waals surface area contributed by atoms with Crippen LogP contribution in [0.15, 0.2) is 0 Å². The summed E-state index contributed by atoms with van der Waals surface area (Å²) in [5.41, 5.74) is 0. The van der Waals surface area contributed by atoms with Crippen LogP contribution in [0.5, 0.6) is 0 Å². The van der Waals surface area contributed by atoms with Crippen molar-refractivity contribution in [2.45, 2.75) is 12.2 Å². The summed E-state index contributed by atoms with van der Waals surface area (Å²) < 4.78 is 10.4. The van der Waals surface area contributed by atoms with Crippen LogP contribution in [0.2, 0.25) is 0 Å². The van der Waals surface area contributed by atoms with E-state index >= 15 is 0 Å². The maximum Gasteiger partial charge on any atom is 0.237 e. The molecule has 0 unspecified atom stereocenters. The minimum Gasteiger partial charge on any atom is -0.377 e. The highest BCUT2D eigenvalue weighted by Crippen LogP contribution is 2.15. The summed E-state index contributed by atoms with van der Waals surface area (Å²) in [6.07, 6.45) is -0.0608. The minimum atomic E-state index is -0.0664. The number of alkyl halides is 1. The van der Waals surface area contributed by atoms with Crippen LogP contribution in [0, 0.1) is 0 Å². The summed E-state index contributed by atoms with van der Waals surface area (Å²) in [5, 5.41) is 0. The van der Waals surface area contributed by atoms with E-state index in [1.807, 2.05) is 0 Å². The lowest BCUT2D eigenvalue weighted by Gasteiger charge is -2.13. The van der Waals surface area contributed by atoms with Gasteiger partial charge in [-0.1, -0.05) is 0 Å². The number of carbonyl (C=O) groups excluding carboxylic acids is 1. The molecule has 0 aliphatic carbocycles. The lowest BCUT2D eigenvalue weighted by Crippen LogP contribution is -2.30. The third kappa shape index (κ3) is 2.33. The molecular formula is C8H14ClNO3. The monoisotopic (exact) mass is 207 g/mol. The van der Waals surface area contributed by atoms with E-state index in [4.69, 9.17) is 21.1 Å². The standard InChI is InChI=1S/C8H14ClNO3/c1-12-6-4-10(8(11)3-9)5-7(6)13-2/h6-7H,3-5H2,1-2H3/t6-,7+. The van der Waals surface area contributed by atoms with Gasteiger partial charge in [0.1, 0.15) is 18.1 Å². The number of hydrogen-bond acceptors (Lipinski definition) is 3. The molecule has 1 heterocycles. The molecule has 0 bridgehead atoms. The predicted molar refractivity (Wildman–Crippen MR) is 48.9 cm³/mol. The number of likely N-dealkylation sites (tertiary alicyclic amines) is 1. The number of methoxy groups -OCH3 is 2. The Kier molecular flexibility index (Phi) is 3.96. The average molecular weight is 208 g/mol. The quantitative estimate of drug-likeness (QED) is 0.617. The molecule has 1 aliphatic heterocycles. The largest absolute Gasteiger partial charge is 0.377 e. The number of hydrogen-bond donors (Lipinski definition) is 0. The van der Waals surface area contributed by atoms with Gasteiger partial charge < -0.3 is 14.4 Å². The Hall–Kier alpha value is -0.320. The lowest BCUT2D eigenvalue weighted by atomic mass is 10.3. The third-order valence-electron chi connectivity index (χ3n) is 2.29. The second kappa shape index (κ2) is 4.79. The average Bonchev–Trinajstić information content (AvgIpc) is 2.59. The van der Waals surface area contributed by atoms with Gasteiger partial charge in [-0.2, -0.15) is 0 Å². The lowest BCUT2D eigenvalue weighted by molar-refractivity contribution is -0.128. The maximum atomic E-state index is 11.2. The summed E-state index contributed by atoms with van der Waals surface area (Å²) in [4.78, 5) is 12.9. The molecule has 2 atom stereocenters. The molecule has 1 aliphatic rings. The van der Waals surface area contributed by atoms with Crippen molar-refractivity contribution in [1.29, 1.82) is 0 Å². The molecule has 0 spiro atoms. The molecule has 0 aromatic carbocycles. The van der Waals surface area contributed by atoms with Crippen LogP contribution < -0.4 is 0 Å². The zero-order valence-electron chi connectivity index (χ0n) is 7.83. The molecule has 5 heteroatoms.